The van der Waals surface area contributed by atoms with Crippen LogP contribution in [0.25, 0.3) is 0 Å². The zero-order chi connectivity index (χ0) is 11.4. The molecule has 0 aromatic carbocycles. The van der Waals surface area contributed by atoms with Crippen LogP contribution < -0.4 is 5.32 Å². The van der Waals surface area contributed by atoms with Crippen LogP contribution >= 0.6 is 11.8 Å². The maximum Gasteiger partial charge on any atom is 0.0537 e. The van der Waals surface area contributed by atoms with E-state index in [1.54, 1.807) is 0 Å². The van der Waals surface area contributed by atoms with Crippen LogP contribution in [-0.4, -0.2) is 27.8 Å². The van der Waals surface area contributed by atoms with Crippen molar-refractivity contribution in [2.24, 2.45) is 5.92 Å². The summed E-state index contributed by atoms with van der Waals surface area (Å²) >= 11 is 2.08. The molecule has 2 atom stereocenters. The summed E-state index contributed by atoms with van der Waals surface area (Å²) in [5.74, 6) is 3.38. The third kappa shape index (κ3) is 2.61. The average molecular weight is 239 g/mol. The number of nitrogens with zero attached hydrogens (tertiary/aromatic N) is 2. The number of aryl methyl sites for hydroxylation is 1. The zero-order valence-electron chi connectivity index (χ0n) is 10.1. The van der Waals surface area contributed by atoms with Gasteiger partial charge in [-0.1, -0.05) is 6.92 Å². The lowest BCUT2D eigenvalue weighted by Gasteiger charge is -2.22. The van der Waals surface area contributed by atoms with Crippen molar-refractivity contribution in [2.75, 3.05) is 18.1 Å². The first kappa shape index (κ1) is 12.0. The van der Waals surface area contributed by atoms with Crippen molar-refractivity contribution in [3.05, 3.63) is 18.0 Å². The van der Waals surface area contributed by atoms with Crippen LogP contribution in [0.5, 0.6) is 0 Å². The van der Waals surface area contributed by atoms with Crippen LogP contribution in [0.15, 0.2) is 12.4 Å². The Morgan fingerprint density at radius 1 is 1.62 bits per heavy atom. The second-order valence-corrected chi connectivity index (χ2v) is 5.44. The molecule has 16 heavy (non-hydrogen) atoms. The molecular formula is C12H21N3S. The predicted molar refractivity (Wildman–Crippen MR) is 69.8 cm³/mol. The van der Waals surface area contributed by atoms with Crippen molar-refractivity contribution in [1.29, 1.82) is 0 Å². The van der Waals surface area contributed by atoms with E-state index in [1.807, 2.05) is 10.9 Å². The predicted octanol–water partition coefficient (Wildman–Crippen LogP) is 2.31. The second-order valence-electron chi connectivity index (χ2n) is 4.29. The molecule has 2 rings (SSSR count). The van der Waals surface area contributed by atoms with E-state index in [0.717, 1.165) is 19.0 Å². The van der Waals surface area contributed by atoms with Crippen molar-refractivity contribution in [2.45, 2.75) is 32.9 Å². The van der Waals surface area contributed by atoms with Gasteiger partial charge in [0.2, 0.25) is 0 Å². The molecule has 3 nitrogen and oxygen atoms in total. The highest BCUT2D eigenvalue weighted by Crippen LogP contribution is 2.33. The summed E-state index contributed by atoms with van der Waals surface area (Å²) in [5.41, 5.74) is 1.36. The molecule has 1 N–H and O–H groups in total. The molecule has 0 amide bonds. The monoisotopic (exact) mass is 239 g/mol. The highest BCUT2D eigenvalue weighted by molar-refractivity contribution is 7.99. The highest BCUT2D eigenvalue weighted by atomic mass is 32.2. The zero-order valence-corrected chi connectivity index (χ0v) is 11.0. The Balaban J connectivity index is 2.10. The lowest BCUT2D eigenvalue weighted by atomic mass is 9.94. The Morgan fingerprint density at radius 3 is 3.06 bits per heavy atom. The van der Waals surface area contributed by atoms with Gasteiger partial charge in [-0.3, -0.25) is 4.68 Å². The van der Waals surface area contributed by atoms with Gasteiger partial charge in [0.1, 0.15) is 0 Å². The maximum absolute atomic E-state index is 4.38. The summed E-state index contributed by atoms with van der Waals surface area (Å²) in [6, 6.07) is 0.500. The third-order valence-electron chi connectivity index (χ3n) is 3.20. The molecule has 2 unspecified atom stereocenters. The first-order chi connectivity index (χ1) is 7.85. The number of aromatic nitrogens is 2. The Hall–Kier alpha value is -0.480. The Kier molecular flexibility index (Phi) is 4.29. The Labute approximate surface area is 102 Å². The molecule has 0 spiro atoms. The van der Waals surface area contributed by atoms with E-state index in [-0.39, 0.29) is 0 Å². The minimum atomic E-state index is 0.500. The number of rotatable bonds is 5. The first-order valence-corrected chi connectivity index (χ1v) is 7.34. The minimum absolute atomic E-state index is 0.500. The smallest absolute Gasteiger partial charge is 0.0537 e. The summed E-state index contributed by atoms with van der Waals surface area (Å²) in [5, 5.41) is 7.99. The molecule has 2 heterocycles. The van der Waals surface area contributed by atoms with Gasteiger partial charge in [-0.15, -0.1) is 0 Å². The van der Waals surface area contributed by atoms with Crippen LogP contribution in [-0.2, 0) is 6.54 Å². The van der Waals surface area contributed by atoms with Crippen LogP contribution in [0, 0.1) is 5.92 Å². The minimum Gasteiger partial charge on any atom is -0.310 e. The van der Waals surface area contributed by atoms with E-state index < -0.39 is 0 Å². The molecule has 1 fully saturated rings. The summed E-state index contributed by atoms with van der Waals surface area (Å²) in [4.78, 5) is 0. The van der Waals surface area contributed by atoms with Gasteiger partial charge in [-0.25, -0.2) is 0 Å². The van der Waals surface area contributed by atoms with Crippen molar-refractivity contribution in [1.82, 2.24) is 15.1 Å². The van der Waals surface area contributed by atoms with Gasteiger partial charge < -0.3 is 5.32 Å². The molecule has 0 aliphatic carbocycles. The molecule has 0 bridgehead atoms. The fourth-order valence-corrected chi connectivity index (χ4v) is 3.60. The third-order valence-corrected chi connectivity index (χ3v) is 4.38. The van der Waals surface area contributed by atoms with E-state index in [4.69, 9.17) is 0 Å². The van der Waals surface area contributed by atoms with E-state index >= 15 is 0 Å². The molecule has 1 saturated heterocycles. The Bertz CT molecular complexity index is 318. The first-order valence-electron chi connectivity index (χ1n) is 6.18. The van der Waals surface area contributed by atoms with E-state index in [1.165, 1.54) is 23.5 Å². The van der Waals surface area contributed by atoms with Crippen molar-refractivity contribution in [3.8, 4) is 0 Å². The number of thioether (sulfide) groups is 1. The van der Waals surface area contributed by atoms with Crippen LogP contribution in [0.1, 0.15) is 31.9 Å². The second kappa shape index (κ2) is 5.73. The fourth-order valence-electron chi connectivity index (χ4n) is 2.31. The van der Waals surface area contributed by atoms with Gasteiger partial charge in [0, 0.05) is 24.3 Å². The standard InChI is InChI=1S/C12H21N3S/c1-3-13-12(10-5-6-16-9-10)11-7-14-15(4-2)8-11/h7-8,10,12-13H,3-6,9H2,1-2H3. The molecule has 1 aromatic heterocycles. The normalized spacial score (nSPS) is 22.5. The lowest BCUT2D eigenvalue weighted by Crippen LogP contribution is -2.28. The summed E-state index contributed by atoms with van der Waals surface area (Å²) in [6.07, 6.45) is 5.55. The van der Waals surface area contributed by atoms with Crippen molar-refractivity contribution in [3.63, 3.8) is 0 Å². The SMILES string of the molecule is CCNC(c1cnn(CC)c1)C1CCSC1. The fraction of sp³-hybridized carbons (Fsp3) is 0.750. The topological polar surface area (TPSA) is 29.9 Å². The van der Waals surface area contributed by atoms with Crippen LogP contribution in [0.4, 0.5) is 0 Å². The summed E-state index contributed by atoms with van der Waals surface area (Å²) < 4.78 is 2.02. The van der Waals surface area contributed by atoms with Crippen molar-refractivity contribution < 1.29 is 0 Å². The summed E-state index contributed by atoms with van der Waals surface area (Å²) in [6.45, 7) is 6.30. The van der Waals surface area contributed by atoms with E-state index in [2.05, 4.69) is 42.2 Å². The molecular weight excluding hydrogens is 218 g/mol. The van der Waals surface area contributed by atoms with Crippen LogP contribution in [0.3, 0.4) is 0 Å². The molecule has 90 valence electrons. The maximum atomic E-state index is 4.38. The van der Waals surface area contributed by atoms with Gasteiger partial charge in [-0.2, -0.15) is 16.9 Å². The molecule has 4 heteroatoms. The summed E-state index contributed by atoms with van der Waals surface area (Å²) in [7, 11) is 0. The van der Waals surface area contributed by atoms with E-state index in [0.29, 0.717) is 6.04 Å². The molecule has 1 aliphatic rings. The number of hydrogen-bond acceptors (Lipinski definition) is 3. The largest absolute Gasteiger partial charge is 0.310 e. The van der Waals surface area contributed by atoms with Gasteiger partial charge in [-0.05, 0) is 37.3 Å². The molecule has 1 aromatic rings. The Morgan fingerprint density at radius 2 is 2.50 bits per heavy atom. The average Bonchev–Trinajstić information content (AvgIpc) is 2.97. The van der Waals surface area contributed by atoms with Gasteiger partial charge >= 0.3 is 0 Å². The van der Waals surface area contributed by atoms with Gasteiger partial charge in [0.25, 0.3) is 0 Å². The quantitative estimate of drug-likeness (QED) is 0.855. The highest BCUT2D eigenvalue weighted by Gasteiger charge is 2.26. The van der Waals surface area contributed by atoms with Crippen LogP contribution in [0.2, 0.25) is 0 Å². The van der Waals surface area contributed by atoms with Gasteiger partial charge in [0.05, 0.1) is 6.20 Å². The number of nitrogens with one attached hydrogen (secondary N) is 1. The van der Waals surface area contributed by atoms with Crippen molar-refractivity contribution >= 4 is 11.8 Å². The number of hydrogen-bond donors (Lipinski definition) is 1. The van der Waals surface area contributed by atoms with E-state index in [9.17, 15) is 0 Å². The molecule has 0 radical (unpaired) electrons. The van der Waals surface area contributed by atoms with Gasteiger partial charge in [0.15, 0.2) is 0 Å². The lowest BCUT2D eigenvalue weighted by molar-refractivity contribution is 0.401. The molecule has 1 aliphatic heterocycles. The molecule has 0 saturated carbocycles.